The Balaban J connectivity index is 2.13. The van der Waals surface area contributed by atoms with Crippen molar-refractivity contribution in [3.05, 3.63) is 33.7 Å². The first-order valence-corrected chi connectivity index (χ1v) is 7.09. The molecule has 0 amide bonds. The molecule has 104 valence electrons. The van der Waals surface area contributed by atoms with Crippen molar-refractivity contribution in [2.24, 2.45) is 0 Å². The Bertz CT molecular complexity index is 517. The van der Waals surface area contributed by atoms with Gasteiger partial charge in [0.15, 0.2) is 5.78 Å². The Morgan fingerprint density at radius 3 is 2.79 bits per heavy atom. The number of rotatable bonds is 5. The van der Waals surface area contributed by atoms with Gasteiger partial charge in [-0.25, -0.2) is 0 Å². The lowest BCUT2D eigenvalue weighted by Gasteiger charge is -2.20. The van der Waals surface area contributed by atoms with E-state index in [1.165, 1.54) is 6.07 Å². The van der Waals surface area contributed by atoms with E-state index in [-0.39, 0.29) is 11.3 Å². The van der Waals surface area contributed by atoms with E-state index in [2.05, 4.69) is 19.2 Å². The second-order valence-corrected chi connectivity index (χ2v) is 5.42. The normalized spacial score (nSPS) is 14.8. The molecule has 1 aliphatic rings. The van der Waals surface area contributed by atoms with Crippen LogP contribution in [0.5, 0.6) is 0 Å². The fourth-order valence-corrected chi connectivity index (χ4v) is 2.57. The summed E-state index contributed by atoms with van der Waals surface area (Å²) in [5, 5.41) is 3.34. The van der Waals surface area contributed by atoms with Gasteiger partial charge in [-0.05, 0) is 31.9 Å². The van der Waals surface area contributed by atoms with Crippen molar-refractivity contribution in [3.8, 4) is 0 Å². The highest BCUT2D eigenvalue weighted by Gasteiger charge is 2.20. The van der Waals surface area contributed by atoms with E-state index in [9.17, 15) is 9.59 Å². The SMILES string of the molecule is CC(C)NCCCn1c2c(ccc1=O)C(=O)CCC2. The molecule has 0 saturated carbocycles. The zero-order valence-electron chi connectivity index (χ0n) is 11.7. The summed E-state index contributed by atoms with van der Waals surface area (Å²) < 4.78 is 1.79. The molecule has 19 heavy (non-hydrogen) atoms. The van der Waals surface area contributed by atoms with Crippen molar-refractivity contribution in [2.45, 2.75) is 52.1 Å². The summed E-state index contributed by atoms with van der Waals surface area (Å²) in [4.78, 5) is 23.8. The molecule has 0 spiro atoms. The number of carbonyl (C=O) groups is 1. The third-order valence-corrected chi connectivity index (χ3v) is 3.52. The number of carbonyl (C=O) groups excluding carboxylic acids is 1. The van der Waals surface area contributed by atoms with Crippen molar-refractivity contribution in [1.82, 2.24) is 9.88 Å². The Kier molecular flexibility index (Phi) is 4.53. The molecule has 1 aromatic heterocycles. The van der Waals surface area contributed by atoms with Gasteiger partial charge in [-0.1, -0.05) is 13.8 Å². The topological polar surface area (TPSA) is 51.1 Å². The van der Waals surface area contributed by atoms with E-state index in [4.69, 9.17) is 0 Å². The quantitative estimate of drug-likeness (QED) is 0.823. The van der Waals surface area contributed by atoms with Crippen molar-refractivity contribution >= 4 is 5.78 Å². The lowest BCUT2D eigenvalue weighted by Crippen LogP contribution is -2.30. The molecular formula is C15H22N2O2. The monoisotopic (exact) mass is 262 g/mol. The van der Waals surface area contributed by atoms with E-state index < -0.39 is 0 Å². The second kappa shape index (κ2) is 6.15. The van der Waals surface area contributed by atoms with Crippen LogP contribution in [0.3, 0.4) is 0 Å². The average molecular weight is 262 g/mol. The van der Waals surface area contributed by atoms with E-state index in [0.717, 1.165) is 37.1 Å². The molecule has 1 heterocycles. The summed E-state index contributed by atoms with van der Waals surface area (Å²) in [5.41, 5.74) is 1.70. The lowest BCUT2D eigenvalue weighted by molar-refractivity contribution is 0.0970. The van der Waals surface area contributed by atoms with Crippen LogP contribution in [0.25, 0.3) is 0 Å². The van der Waals surface area contributed by atoms with Gasteiger partial charge in [0.1, 0.15) is 0 Å². The Morgan fingerprint density at radius 2 is 2.05 bits per heavy atom. The zero-order chi connectivity index (χ0) is 13.8. The number of fused-ring (bicyclic) bond motifs is 1. The minimum Gasteiger partial charge on any atom is -0.314 e. The second-order valence-electron chi connectivity index (χ2n) is 5.42. The summed E-state index contributed by atoms with van der Waals surface area (Å²) in [6, 6.07) is 3.68. The maximum atomic E-state index is 12.0. The van der Waals surface area contributed by atoms with Crippen LogP contribution < -0.4 is 10.9 Å². The number of hydrogen-bond donors (Lipinski definition) is 1. The summed E-state index contributed by atoms with van der Waals surface area (Å²) in [6.45, 7) is 5.79. The highest BCUT2D eigenvalue weighted by molar-refractivity contribution is 5.97. The molecule has 1 aliphatic carbocycles. The summed E-state index contributed by atoms with van der Waals surface area (Å²) in [6.07, 6.45) is 3.22. The first-order valence-electron chi connectivity index (χ1n) is 7.09. The lowest BCUT2D eigenvalue weighted by atomic mass is 9.94. The van der Waals surface area contributed by atoms with E-state index in [1.54, 1.807) is 10.6 Å². The minimum absolute atomic E-state index is 0.0120. The van der Waals surface area contributed by atoms with Gasteiger partial charge in [-0.3, -0.25) is 9.59 Å². The molecule has 0 aromatic carbocycles. The van der Waals surface area contributed by atoms with Crippen LogP contribution in [0.4, 0.5) is 0 Å². The molecule has 0 saturated heterocycles. The van der Waals surface area contributed by atoms with Gasteiger partial charge in [-0.2, -0.15) is 0 Å². The Hall–Kier alpha value is -1.42. The maximum Gasteiger partial charge on any atom is 0.250 e. The van der Waals surface area contributed by atoms with Crippen LogP contribution >= 0.6 is 0 Å². The predicted octanol–water partition coefficient (Wildman–Crippen LogP) is 1.76. The van der Waals surface area contributed by atoms with Gasteiger partial charge in [0, 0.05) is 36.3 Å². The molecule has 0 aliphatic heterocycles. The summed E-state index contributed by atoms with van der Waals surface area (Å²) in [7, 11) is 0. The number of pyridine rings is 1. The molecular weight excluding hydrogens is 240 g/mol. The fourth-order valence-electron chi connectivity index (χ4n) is 2.57. The molecule has 0 atom stereocenters. The number of aromatic nitrogens is 1. The van der Waals surface area contributed by atoms with Gasteiger partial charge in [0.25, 0.3) is 5.56 Å². The molecule has 1 aromatic rings. The number of ketones is 1. The molecule has 2 rings (SSSR count). The van der Waals surface area contributed by atoms with Crippen LogP contribution in [0.2, 0.25) is 0 Å². The van der Waals surface area contributed by atoms with Crippen molar-refractivity contribution in [1.29, 1.82) is 0 Å². The number of nitrogens with zero attached hydrogens (tertiary/aromatic N) is 1. The van der Waals surface area contributed by atoms with E-state index in [1.807, 2.05) is 0 Å². The van der Waals surface area contributed by atoms with Gasteiger partial charge in [0.05, 0.1) is 0 Å². The summed E-state index contributed by atoms with van der Waals surface area (Å²) >= 11 is 0. The first-order chi connectivity index (χ1) is 9.09. The van der Waals surface area contributed by atoms with Gasteiger partial charge < -0.3 is 9.88 Å². The first kappa shape index (κ1) is 14.0. The number of Topliss-reactive ketones (excluding diaryl/α,β-unsaturated/α-hetero) is 1. The third kappa shape index (κ3) is 3.32. The van der Waals surface area contributed by atoms with Crippen LogP contribution in [-0.2, 0) is 13.0 Å². The van der Waals surface area contributed by atoms with Gasteiger partial charge in [-0.15, -0.1) is 0 Å². The van der Waals surface area contributed by atoms with E-state index >= 15 is 0 Å². The molecule has 0 unspecified atom stereocenters. The Labute approximate surface area is 113 Å². The highest BCUT2D eigenvalue weighted by atomic mass is 16.1. The standard InChI is InChI=1S/C15H22N2O2/c1-11(2)16-9-4-10-17-13-5-3-6-14(18)12(13)7-8-15(17)19/h7-8,11,16H,3-6,9-10H2,1-2H3. The minimum atomic E-state index is 0.0120. The average Bonchev–Trinajstić information content (AvgIpc) is 2.36. The van der Waals surface area contributed by atoms with Crippen molar-refractivity contribution < 1.29 is 4.79 Å². The van der Waals surface area contributed by atoms with Gasteiger partial charge >= 0.3 is 0 Å². The molecule has 0 fully saturated rings. The smallest absolute Gasteiger partial charge is 0.250 e. The van der Waals surface area contributed by atoms with Crippen LogP contribution in [-0.4, -0.2) is 22.9 Å². The molecule has 4 heteroatoms. The number of nitrogens with one attached hydrogen (secondary N) is 1. The fraction of sp³-hybridized carbons (Fsp3) is 0.600. The Morgan fingerprint density at radius 1 is 1.26 bits per heavy atom. The van der Waals surface area contributed by atoms with Crippen molar-refractivity contribution in [2.75, 3.05) is 6.54 Å². The summed E-state index contributed by atoms with van der Waals surface area (Å²) in [5.74, 6) is 0.176. The third-order valence-electron chi connectivity index (χ3n) is 3.52. The van der Waals surface area contributed by atoms with Crippen molar-refractivity contribution in [3.63, 3.8) is 0 Å². The molecule has 4 nitrogen and oxygen atoms in total. The van der Waals surface area contributed by atoms with Crippen LogP contribution in [0.1, 0.15) is 49.2 Å². The van der Waals surface area contributed by atoms with Crippen LogP contribution in [0.15, 0.2) is 16.9 Å². The van der Waals surface area contributed by atoms with Crippen LogP contribution in [0, 0.1) is 0 Å². The highest BCUT2D eigenvalue weighted by Crippen LogP contribution is 2.19. The zero-order valence-corrected chi connectivity index (χ0v) is 11.7. The maximum absolute atomic E-state index is 12.0. The predicted molar refractivity (Wildman–Crippen MR) is 75.7 cm³/mol. The molecule has 0 radical (unpaired) electrons. The molecule has 0 bridgehead atoms. The largest absolute Gasteiger partial charge is 0.314 e. The number of hydrogen-bond acceptors (Lipinski definition) is 3. The molecule has 1 N–H and O–H groups in total. The van der Waals surface area contributed by atoms with Gasteiger partial charge in [0.2, 0.25) is 0 Å². The van der Waals surface area contributed by atoms with E-state index in [0.29, 0.717) is 19.0 Å².